The molecule has 0 unspecified atom stereocenters. The van der Waals surface area contributed by atoms with Crippen molar-refractivity contribution in [2.24, 2.45) is 0 Å². The minimum atomic E-state index is -0.275. The first kappa shape index (κ1) is 22.3. The van der Waals surface area contributed by atoms with Crippen molar-refractivity contribution in [3.63, 3.8) is 0 Å². The van der Waals surface area contributed by atoms with Crippen LogP contribution in [0.2, 0.25) is 0 Å². The maximum Gasteiger partial charge on any atom is 0.272 e. The first-order chi connectivity index (χ1) is 14.8. The second kappa shape index (κ2) is 9.20. The first-order valence-corrected chi connectivity index (χ1v) is 10.7. The molecule has 0 spiro atoms. The van der Waals surface area contributed by atoms with Gasteiger partial charge in [0.1, 0.15) is 12.2 Å². The molecule has 3 aromatic rings. The van der Waals surface area contributed by atoms with E-state index in [0.29, 0.717) is 42.1 Å². The highest BCUT2D eigenvalue weighted by atomic mass is 16.2. The summed E-state index contributed by atoms with van der Waals surface area (Å²) < 4.78 is 1.92. The van der Waals surface area contributed by atoms with Crippen molar-refractivity contribution in [3.8, 4) is 0 Å². The standard InChI is InChI=1S/C24H30N4O3/c1-6-19-22(16(5)29)15(4)25-23(19)24(31)26-18-9-10-20-17(13-18)11-12-28(20)14-21(30)27(7-2)8-3/h9-13,25H,6-8,14H2,1-5H3,(H,26,31). The number of Topliss-reactive ketones (excluding diaryl/α,β-unsaturated/α-hetero) is 1. The fourth-order valence-electron chi connectivity index (χ4n) is 4.13. The normalized spacial score (nSPS) is 11.0. The largest absolute Gasteiger partial charge is 0.354 e. The van der Waals surface area contributed by atoms with Gasteiger partial charge in [0.15, 0.2) is 5.78 Å². The summed E-state index contributed by atoms with van der Waals surface area (Å²) in [7, 11) is 0. The molecular weight excluding hydrogens is 392 g/mol. The van der Waals surface area contributed by atoms with Crippen molar-refractivity contribution < 1.29 is 14.4 Å². The van der Waals surface area contributed by atoms with Gasteiger partial charge in [-0.25, -0.2) is 0 Å². The number of carbonyl (C=O) groups is 3. The van der Waals surface area contributed by atoms with Crippen molar-refractivity contribution in [3.05, 3.63) is 53.0 Å². The van der Waals surface area contributed by atoms with Gasteiger partial charge < -0.3 is 19.8 Å². The van der Waals surface area contributed by atoms with Crippen LogP contribution in [0.15, 0.2) is 30.5 Å². The Morgan fingerprint density at radius 3 is 2.42 bits per heavy atom. The number of aromatic amines is 1. The van der Waals surface area contributed by atoms with E-state index in [1.807, 2.05) is 55.8 Å². The second-order valence-electron chi connectivity index (χ2n) is 7.63. The van der Waals surface area contributed by atoms with Crippen LogP contribution in [0.25, 0.3) is 10.9 Å². The Hall–Kier alpha value is -3.35. The highest BCUT2D eigenvalue weighted by Gasteiger charge is 2.22. The van der Waals surface area contributed by atoms with E-state index in [-0.39, 0.29) is 24.1 Å². The minimum Gasteiger partial charge on any atom is -0.354 e. The van der Waals surface area contributed by atoms with Crippen molar-refractivity contribution >= 4 is 34.2 Å². The number of nitrogens with zero attached hydrogens (tertiary/aromatic N) is 2. The molecule has 0 aliphatic heterocycles. The number of H-pyrrole nitrogens is 1. The fourth-order valence-corrected chi connectivity index (χ4v) is 4.13. The van der Waals surface area contributed by atoms with Crippen molar-refractivity contribution in [2.75, 3.05) is 18.4 Å². The molecule has 2 aromatic heterocycles. The average Bonchev–Trinajstić information content (AvgIpc) is 3.29. The Bertz CT molecular complexity index is 1140. The summed E-state index contributed by atoms with van der Waals surface area (Å²) in [5.41, 5.74) is 4.06. The topological polar surface area (TPSA) is 87.2 Å². The lowest BCUT2D eigenvalue weighted by Gasteiger charge is -2.19. The maximum atomic E-state index is 12.9. The summed E-state index contributed by atoms with van der Waals surface area (Å²) in [6.07, 6.45) is 2.48. The van der Waals surface area contributed by atoms with Crippen LogP contribution in [-0.2, 0) is 17.8 Å². The van der Waals surface area contributed by atoms with Crippen LogP contribution in [0.1, 0.15) is 59.8 Å². The van der Waals surface area contributed by atoms with E-state index in [1.54, 1.807) is 11.8 Å². The van der Waals surface area contributed by atoms with Crippen molar-refractivity contribution in [1.29, 1.82) is 0 Å². The van der Waals surface area contributed by atoms with Crippen LogP contribution in [0.4, 0.5) is 5.69 Å². The highest BCUT2D eigenvalue weighted by Crippen LogP contribution is 2.24. The van der Waals surface area contributed by atoms with E-state index in [4.69, 9.17) is 0 Å². The summed E-state index contributed by atoms with van der Waals surface area (Å²) in [5, 5.41) is 3.86. The van der Waals surface area contributed by atoms with Gasteiger partial charge in [0.05, 0.1) is 0 Å². The Labute approximate surface area is 182 Å². The molecule has 164 valence electrons. The zero-order valence-electron chi connectivity index (χ0n) is 18.8. The number of aromatic nitrogens is 2. The van der Waals surface area contributed by atoms with Crippen molar-refractivity contribution in [2.45, 2.75) is 47.6 Å². The van der Waals surface area contributed by atoms with Gasteiger partial charge >= 0.3 is 0 Å². The molecule has 1 aromatic carbocycles. The van der Waals surface area contributed by atoms with Crippen LogP contribution in [0.3, 0.4) is 0 Å². The molecule has 2 amide bonds. The Balaban J connectivity index is 1.82. The number of likely N-dealkylation sites (N-methyl/N-ethyl adjacent to an activating group) is 1. The zero-order valence-corrected chi connectivity index (χ0v) is 18.8. The molecule has 31 heavy (non-hydrogen) atoms. The van der Waals surface area contributed by atoms with E-state index >= 15 is 0 Å². The Morgan fingerprint density at radius 2 is 1.81 bits per heavy atom. The van der Waals surface area contributed by atoms with Crippen LogP contribution >= 0.6 is 0 Å². The van der Waals surface area contributed by atoms with Gasteiger partial charge in [-0.1, -0.05) is 6.92 Å². The van der Waals surface area contributed by atoms with Gasteiger partial charge in [-0.05, 0) is 63.9 Å². The Morgan fingerprint density at radius 1 is 1.10 bits per heavy atom. The van der Waals surface area contributed by atoms with E-state index in [1.165, 1.54) is 6.92 Å². The third kappa shape index (κ3) is 4.40. The number of anilines is 1. The van der Waals surface area contributed by atoms with E-state index in [2.05, 4.69) is 10.3 Å². The molecule has 7 nitrogen and oxygen atoms in total. The molecule has 0 bridgehead atoms. The molecule has 0 fully saturated rings. The number of rotatable bonds is 8. The second-order valence-corrected chi connectivity index (χ2v) is 7.63. The summed E-state index contributed by atoms with van der Waals surface area (Å²) in [4.78, 5) is 42.2. The molecule has 0 saturated carbocycles. The molecule has 0 atom stereocenters. The third-order valence-corrected chi connectivity index (χ3v) is 5.67. The summed E-state index contributed by atoms with van der Waals surface area (Å²) >= 11 is 0. The molecule has 3 rings (SSSR count). The quantitative estimate of drug-likeness (QED) is 0.534. The predicted octanol–water partition coefficient (Wildman–Crippen LogP) is 4.16. The van der Waals surface area contributed by atoms with E-state index in [0.717, 1.165) is 16.5 Å². The molecule has 0 aliphatic carbocycles. The lowest BCUT2D eigenvalue weighted by Crippen LogP contribution is -2.33. The fraction of sp³-hybridized carbons (Fsp3) is 0.375. The van der Waals surface area contributed by atoms with Crippen LogP contribution in [-0.4, -0.2) is 45.1 Å². The molecule has 0 radical (unpaired) electrons. The summed E-state index contributed by atoms with van der Waals surface area (Å²) in [6.45, 7) is 10.9. The van der Waals surface area contributed by atoms with Crippen molar-refractivity contribution in [1.82, 2.24) is 14.5 Å². The number of benzene rings is 1. The number of amides is 2. The van der Waals surface area contributed by atoms with Crippen LogP contribution in [0.5, 0.6) is 0 Å². The van der Waals surface area contributed by atoms with Crippen LogP contribution in [0, 0.1) is 6.92 Å². The van der Waals surface area contributed by atoms with Gasteiger partial charge in [0.25, 0.3) is 5.91 Å². The summed E-state index contributed by atoms with van der Waals surface area (Å²) in [5.74, 6) is -0.245. The number of hydrogen-bond donors (Lipinski definition) is 2. The van der Waals surface area contributed by atoms with Gasteiger partial charge in [-0.3, -0.25) is 14.4 Å². The molecular formula is C24H30N4O3. The molecule has 0 aliphatic rings. The third-order valence-electron chi connectivity index (χ3n) is 5.67. The minimum absolute atomic E-state index is 0.0494. The van der Waals surface area contributed by atoms with Crippen LogP contribution < -0.4 is 5.32 Å². The molecule has 7 heteroatoms. The molecule has 2 heterocycles. The average molecular weight is 423 g/mol. The lowest BCUT2D eigenvalue weighted by atomic mass is 10.0. The van der Waals surface area contributed by atoms with Gasteiger partial charge in [0, 0.05) is 47.1 Å². The lowest BCUT2D eigenvalue weighted by molar-refractivity contribution is -0.131. The zero-order chi connectivity index (χ0) is 22.7. The van der Waals surface area contributed by atoms with Gasteiger partial charge in [0.2, 0.25) is 5.91 Å². The van der Waals surface area contributed by atoms with E-state index < -0.39 is 0 Å². The molecule has 0 saturated heterocycles. The number of carbonyl (C=O) groups excluding carboxylic acids is 3. The monoisotopic (exact) mass is 422 g/mol. The number of ketones is 1. The molecule has 2 N–H and O–H groups in total. The Kier molecular flexibility index (Phi) is 6.63. The SMILES string of the molecule is CCc1c(C(=O)Nc2ccc3c(ccn3CC(=O)N(CC)CC)c2)[nH]c(C)c1C(C)=O. The number of hydrogen-bond acceptors (Lipinski definition) is 3. The smallest absolute Gasteiger partial charge is 0.272 e. The highest BCUT2D eigenvalue weighted by molar-refractivity contribution is 6.08. The van der Waals surface area contributed by atoms with Gasteiger partial charge in [-0.15, -0.1) is 0 Å². The number of fused-ring (bicyclic) bond motifs is 1. The first-order valence-electron chi connectivity index (χ1n) is 10.7. The number of nitrogens with one attached hydrogen (secondary N) is 2. The number of aryl methyl sites for hydroxylation is 1. The predicted molar refractivity (Wildman–Crippen MR) is 123 cm³/mol. The summed E-state index contributed by atoms with van der Waals surface area (Å²) in [6, 6.07) is 7.55. The maximum absolute atomic E-state index is 12.9. The van der Waals surface area contributed by atoms with E-state index in [9.17, 15) is 14.4 Å². The van der Waals surface area contributed by atoms with Gasteiger partial charge in [-0.2, -0.15) is 0 Å².